The maximum Gasteiger partial charge on any atom is 0.319 e. The number of alkyl halides is 2. The number of thiophene rings is 1. The van der Waals surface area contributed by atoms with Crippen molar-refractivity contribution in [1.82, 2.24) is 5.32 Å². The Morgan fingerprint density at radius 3 is 2.86 bits per heavy atom. The van der Waals surface area contributed by atoms with Crippen LogP contribution in [0.15, 0.2) is 46.7 Å². The van der Waals surface area contributed by atoms with E-state index in [9.17, 15) is 13.6 Å². The van der Waals surface area contributed by atoms with Gasteiger partial charge in [-0.2, -0.15) is 8.78 Å². The number of anilines is 1. The van der Waals surface area contributed by atoms with Crippen LogP contribution in [-0.4, -0.2) is 18.3 Å². The quantitative estimate of drug-likeness (QED) is 0.770. The van der Waals surface area contributed by atoms with Crippen molar-refractivity contribution in [3.63, 3.8) is 0 Å². The van der Waals surface area contributed by atoms with E-state index in [1.807, 2.05) is 17.5 Å². The molecule has 0 spiro atoms. The zero-order valence-electron chi connectivity index (χ0n) is 11.0. The van der Waals surface area contributed by atoms with Gasteiger partial charge in [-0.25, -0.2) is 4.79 Å². The van der Waals surface area contributed by atoms with Crippen LogP contribution in [0.3, 0.4) is 0 Å². The van der Waals surface area contributed by atoms with E-state index in [1.54, 1.807) is 29.5 Å². The lowest BCUT2D eigenvalue weighted by Crippen LogP contribution is -2.30. The maximum absolute atomic E-state index is 12.3. The van der Waals surface area contributed by atoms with Crippen LogP contribution in [0.5, 0.6) is 0 Å². The van der Waals surface area contributed by atoms with Gasteiger partial charge in [0.1, 0.15) is 0 Å². The van der Waals surface area contributed by atoms with Crippen LogP contribution in [0.4, 0.5) is 19.3 Å². The Bertz CT molecular complexity index is 576. The minimum atomic E-state index is -2.47. The van der Waals surface area contributed by atoms with Crippen LogP contribution >= 0.6 is 23.1 Å². The van der Waals surface area contributed by atoms with Gasteiger partial charge in [-0.1, -0.05) is 23.9 Å². The molecule has 1 aromatic heterocycles. The van der Waals surface area contributed by atoms with Gasteiger partial charge in [0.2, 0.25) is 0 Å². The van der Waals surface area contributed by atoms with E-state index in [1.165, 1.54) is 10.9 Å². The van der Waals surface area contributed by atoms with Crippen LogP contribution in [0, 0.1) is 0 Å². The number of benzene rings is 1. The van der Waals surface area contributed by atoms with Crippen LogP contribution < -0.4 is 10.6 Å². The molecule has 112 valence electrons. The van der Waals surface area contributed by atoms with Gasteiger partial charge in [0.25, 0.3) is 5.76 Å². The molecule has 2 N–H and O–H groups in total. The lowest BCUT2D eigenvalue weighted by atomic mass is 10.3. The molecule has 0 saturated heterocycles. The Balaban J connectivity index is 1.79. The number of thioether (sulfide) groups is 1. The molecule has 2 amide bonds. The van der Waals surface area contributed by atoms with Crippen molar-refractivity contribution in [3.8, 4) is 0 Å². The molecule has 0 radical (unpaired) electrons. The van der Waals surface area contributed by atoms with Gasteiger partial charge >= 0.3 is 6.03 Å². The van der Waals surface area contributed by atoms with E-state index in [4.69, 9.17) is 0 Å². The number of halogens is 2. The second kappa shape index (κ2) is 7.99. The topological polar surface area (TPSA) is 41.1 Å². The number of hydrogen-bond donors (Lipinski definition) is 2. The van der Waals surface area contributed by atoms with E-state index >= 15 is 0 Å². The molecule has 1 aromatic carbocycles. The Hall–Kier alpha value is -1.60. The summed E-state index contributed by atoms with van der Waals surface area (Å²) in [4.78, 5) is 13.3. The maximum atomic E-state index is 12.3. The average Bonchev–Trinajstić information content (AvgIpc) is 2.91. The number of nitrogens with one attached hydrogen (secondary N) is 2. The number of amides is 2. The van der Waals surface area contributed by atoms with Gasteiger partial charge in [-0.3, -0.25) is 0 Å². The molecule has 1 heterocycles. The second-order valence-electron chi connectivity index (χ2n) is 4.12. The molecule has 0 unspecified atom stereocenters. The molecule has 0 bridgehead atoms. The summed E-state index contributed by atoms with van der Waals surface area (Å²) in [5.41, 5.74) is 0.495. The van der Waals surface area contributed by atoms with Gasteiger partial charge in [-0.15, -0.1) is 11.3 Å². The SMILES string of the molecule is O=C(NCCc1cccs1)Nc1cccc(SC(F)F)c1. The van der Waals surface area contributed by atoms with Gasteiger partial charge in [-0.05, 0) is 36.1 Å². The minimum absolute atomic E-state index is 0.342. The third-order valence-corrected chi connectivity index (χ3v) is 4.19. The first-order chi connectivity index (χ1) is 10.1. The van der Waals surface area contributed by atoms with E-state index in [0.29, 0.717) is 28.9 Å². The summed E-state index contributed by atoms with van der Waals surface area (Å²) in [5, 5.41) is 7.35. The summed E-state index contributed by atoms with van der Waals surface area (Å²) in [7, 11) is 0. The zero-order chi connectivity index (χ0) is 15.1. The second-order valence-corrected chi connectivity index (χ2v) is 6.21. The molecule has 3 nitrogen and oxygen atoms in total. The Morgan fingerprint density at radius 2 is 2.14 bits per heavy atom. The standard InChI is InChI=1S/C14H14F2N2OS2/c15-13(16)21-12-4-1-3-10(9-12)18-14(19)17-7-6-11-5-2-8-20-11/h1-5,8-9,13H,6-7H2,(H2,17,18,19). The van der Waals surface area contributed by atoms with Gasteiger partial charge in [0, 0.05) is 22.0 Å². The highest BCUT2D eigenvalue weighted by Gasteiger charge is 2.07. The van der Waals surface area contributed by atoms with Crippen LogP contribution in [0.2, 0.25) is 0 Å². The lowest BCUT2D eigenvalue weighted by Gasteiger charge is -2.08. The molecule has 7 heteroatoms. The molecule has 0 aliphatic carbocycles. The molecule has 0 aliphatic heterocycles. The van der Waals surface area contributed by atoms with Crippen LogP contribution in [0.25, 0.3) is 0 Å². The van der Waals surface area contributed by atoms with E-state index in [-0.39, 0.29) is 6.03 Å². The van der Waals surface area contributed by atoms with Crippen molar-refractivity contribution in [2.45, 2.75) is 17.1 Å². The fraction of sp³-hybridized carbons (Fsp3) is 0.214. The summed E-state index contributed by atoms with van der Waals surface area (Å²) in [5.74, 6) is -2.47. The molecule has 2 rings (SSSR count). The van der Waals surface area contributed by atoms with Crippen molar-refractivity contribution in [2.24, 2.45) is 0 Å². The Kier molecular flexibility index (Phi) is 6.01. The largest absolute Gasteiger partial charge is 0.338 e. The lowest BCUT2D eigenvalue weighted by molar-refractivity contribution is 0.251. The van der Waals surface area contributed by atoms with Crippen molar-refractivity contribution < 1.29 is 13.6 Å². The molecule has 21 heavy (non-hydrogen) atoms. The highest BCUT2D eigenvalue weighted by molar-refractivity contribution is 7.99. The summed E-state index contributed by atoms with van der Waals surface area (Å²) >= 11 is 2.09. The first kappa shape index (κ1) is 15.8. The highest BCUT2D eigenvalue weighted by Crippen LogP contribution is 2.27. The molecule has 2 aromatic rings. The predicted molar refractivity (Wildman–Crippen MR) is 83.3 cm³/mol. The van der Waals surface area contributed by atoms with Crippen molar-refractivity contribution in [2.75, 3.05) is 11.9 Å². The van der Waals surface area contributed by atoms with Gasteiger partial charge < -0.3 is 10.6 Å². The molecule has 0 fully saturated rings. The highest BCUT2D eigenvalue weighted by atomic mass is 32.2. The van der Waals surface area contributed by atoms with E-state index < -0.39 is 5.76 Å². The molecular weight excluding hydrogens is 314 g/mol. The van der Waals surface area contributed by atoms with E-state index in [0.717, 1.165) is 6.42 Å². The third kappa shape index (κ3) is 5.73. The summed E-state index contributed by atoms with van der Waals surface area (Å²) in [6.07, 6.45) is 0.770. The van der Waals surface area contributed by atoms with Crippen LogP contribution in [0.1, 0.15) is 4.88 Å². The summed E-state index contributed by atoms with van der Waals surface area (Å²) in [6.45, 7) is 0.526. The average molecular weight is 328 g/mol. The number of carbonyl (C=O) groups is 1. The minimum Gasteiger partial charge on any atom is -0.338 e. The fourth-order valence-electron chi connectivity index (χ4n) is 1.68. The van der Waals surface area contributed by atoms with Crippen molar-refractivity contribution in [1.29, 1.82) is 0 Å². The molecule has 0 aliphatic rings. The monoisotopic (exact) mass is 328 g/mol. The Morgan fingerprint density at radius 1 is 1.29 bits per heavy atom. The number of rotatable bonds is 6. The molecule has 0 saturated carbocycles. The van der Waals surface area contributed by atoms with Crippen LogP contribution in [-0.2, 0) is 6.42 Å². The fourth-order valence-corrected chi connectivity index (χ4v) is 2.95. The Labute approximate surface area is 129 Å². The number of urea groups is 1. The smallest absolute Gasteiger partial charge is 0.319 e. The first-order valence-electron chi connectivity index (χ1n) is 6.25. The van der Waals surface area contributed by atoms with Crippen molar-refractivity contribution >= 4 is 34.8 Å². The summed E-state index contributed by atoms with van der Waals surface area (Å²) < 4.78 is 24.6. The predicted octanol–water partition coefficient (Wildman–Crippen LogP) is 4.43. The number of hydrogen-bond acceptors (Lipinski definition) is 3. The van der Waals surface area contributed by atoms with Crippen molar-refractivity contribution in [3.05, 3.63) is 46.7 Å². The number of carbonyl (C=O) groups excluding carboxylic acids is 1. The normalized spacial score (nSPS) is 10.6. The summed E-state index contributed by atoms with van der Waals surface area (Å²) in [6, 6.07) is 10.0. The molecule has 0 atom stereocenters. The third-order valence-electron chi connectivity index (χ3n) is 2.55. The molecular formula is C14H14F2N2OS2. The van der Waals surface area contributed by atoms with Gasteiger partial charge in [0.05, 0.1) is 0 Å². The van der Waals surface area contributed by atoms with Gasteiger partial charge in [0.15, 0.2) is 0 Å². The first-order valence-corrected chi connectivity index (χ1v) is 8.01. The van der Waals surface area contributed by atoms with E-state index in [2.05, 4.69) is 10.6 Å². The zero-order valence-corrected chi connectivity index (χ0v) is 12.6.